The normalized spacial score (nSPS) is 17.7. The minimum atomic E-state index is -0.412. The summed E-state index contributed by atoms with van der Waals surface area (Å²) in [4.78, 5) is 2.35. The predicted octanol–water partition coefficient (Wildman–Crippen LogP) is 2.52. The fraction of sp³-hybridized carbons (Fsp3) is 0.450. The molecule has 5 nitrogen and oxygen atoms in total. The molecular formula is C20H27N3O2. The lowest BCUT2D eigenvalue weighted by atomic mass is 9.93. The topological polar surface area (TPSA) is 82.1 Å². The number of nitrogens with zero attached hydrogens (tertiary/aromatic N) is 2. The van der Waals surface area contributed by atoms with Gasteiger partial charge < -0.3 is 20.9 Å². The van der Waals surface area contributed by atoms with E-state index in [9.17, 15) is 5.11 Å². The van der Waals surface area contributed by atoms with Crippen LogP contribution in [-0.2, 0) is 12.8 Å². The summed E-state index contributed by atoms with van der Waals surface area (Å²) < 4.78 is 0. The molecule has 1 unspecified atom stereocenters. The molecule has 0 aromatic heterocycles. The number of fused-ring (bicyclic) bond motifs is 1. The summed E-state index contributed by atoms with van der Waals surface area (Å²) in [6.45, 7) is 2.85. The van der Waals surface area contributed by atoms with Crippen LogP contribution in [0.15, 0.2) is 41.6 Å². The highest BCUT2D eigenvalue weighted by atomic mass is 16.4. The second kappa shape index (κ2) is 8.32. The smallest absolute Gasteiger partial charge is 0.143 e. The van der Waals surface area contributed by atoms with E-state index in [4.69, 9.17) is 10.9 Å². The van der Waals surface area contributed by atoms with Crippen molar-refractivity contribution in [2.75, 3.05) is 19.6 Å². The molecule has 0 radical (unpaired) electrons. The van der Waals surface area contributed by atoms with E-state index < -0.39 is 6.10 Å². The summed E-state index contributed by atoms with van der Waals surface area (Å²) in [5.41, 5.74) is 7.87. The zero-order valence-electron chi connectivity index (χ0n) is 14.6. The third-order valence-electron chi connectivity index (χ3n) is 5.00. The molecule has 1 fully saturated rings. The van der Waals surface area contributed by atoms with Crippen LogP contribution in [0.4, 0.5) is 0 Å². The fourth-order valence-corrected chi connectivity index (χ4v) is 3.76. The van der Waals surface area contributed by atoms with E-state index in [1.54, 1.807) is 0 Å². The number of benzene rings is 2. The molecule has 1 aliphatic heterocycles. The number of piperidine rings is 1. The molecule has 1 aliphatic rings. The maximum Gasteiger partial charge on any atom is 0.143 e. The first-order valence-corrected chi connectivity index (χ1v) is 9.03. The van der Waals surface area contributed by atoms with Gasteiger partial charge in [0, 0.05) is 13.0 Å². The van der Waals surface area contributed by atoms with E-state index in [2.05, 4.69) is 34.3 Å². The molecule has 0 spiro atoms. The third kappa shape index (κ3) is 4.50. The number of amidine groups is 1. The molecule has 134 valence electrons. The van der Waals surface area contributed by atoms with Crippen molar-refractivity contribution in [1.82, 2.24) is 4.90 Å². The van der Waals surface area contributed by atoms with Crippen LogP contribution >= 0.6 is 0 Å². The van der Waals surface area contributed by atoms with Crippen molar-refractivity contribution >= 4 is 16.6 Å². The third-order valence-corrected chi connectivity index (χ3v) is 5.00. The van der Waals surface area contributed by atoms with Gasteiger partial charge in [0.1, 0.15) is 5.84 Å². The first-order valence-electron chi connectivity index (χ1n) is 9.03. The lowest BCUT2D eigenvalue weighted by molar-refractivity contribution is 0.101. The number of nitrogens with two attached hydrogens (primary N) is 1. The molecule has 5 heteroatoms. The minimum absolute atomic E-state index is 0.183. The summed E-state index contributed by atoms with van der Waals surface area (Å²) >= 11 is 0. The molecule has 4 N–H and O–H groups in total. The van der Waals surface area contributed by atoms with Gasteiger partial charge in [-0.15, -0.1) is 0 Å². The molecule has 25 heavy (non-hydrogen) atoms. The summed E-state index contributed by atoms with van der Waals surface area (Å²) in [6, 6.07) is 12.2. The van der Waals surface area contributed by atoms with Crippen molar-refractivity contribution < 1.29 is 10.3 Å². The van der Waals surface area contributed by atoms with Gasteiger partial charge in [-0.05, 0) is 54.3 Å². The van der Waals surface area contributed by atoms with Crippen LogP contribution in [0.25, 0.3) is 10.8 Å². The zero-order valence-corrected chi connectivity index (χ0v) is 14.6. The number of aliphatic hydroxyl groups excluding tert-OH is 1. The number of hydrogen-bond acceptors (Lipinski definition) is 4. The van der Waals surface area contributed by atoms with E-state index >= 15 is 0 Å². The van der Waals surface area contributed by atoms with Gasteiger partial charge in [-0.2, -0.15) is 0 Å². The van der Waals surface area contributed by atoms with Crippen molar-refractivity contribution in [3.8, 4) is 0 Å². The number of hydrogen-bond donors (Lipinski definition) is 3. The highest BCUT2D eigenvalue weighted by Crippen LogP contribution is 2.24. The van der Waals surface area contributed by atoms with Crippen molar-refractivity contribution in [2.24, 2.45) is 10.9 Å². The first-order chi connectivity index (χ1) is 12.2. The Bertz CT molecular complexity index is 739. The van der Waals surface area contributed by atoms with Crippen LogP contribution in [-0.4, -0.2) is 46.8 Å². The molecule has 3 rings (SSSR count). The second-order valence-corrected chi connectivity index (χ2v) is 6.91. The van der Waals surface area contributed by atoms with Crippen LogP contribution in [0.5, 0.6) is 0 Å². The molecule has 0 aliphatic carbocycles. The number of oxime groups is 1. The quantitative estimate of drug-likeness (QED) is 0.326. The highest BCUT2D eigenvalue weighted by Gasteiger charge is 2.17. The Labute approximate surface area is 148 Å². The van der Waals surface area contributed by atoms with Crippen LogP contribution < -0.4 is 5.73 Å². The second-order valence-electron chi connectivity index (χ2n) is 6.91. The number of rotatable bonds is 6. The van der Waals surface area contributed by atoms with Crippen molar-refractivity contribution in [1.29, 1.82) is 0 Å². The predicted molar refractivity (Wildman–Crippen MR) is 101 cm³/mol. The molecule has 0 bridgehead atoms. The fourth-order valence-electron chi connectivity index (χ4n) is 3.76. The van der Waals surface area contributed by atoms with Gasteiger partial charge in [-0.1, -0.05) is 48.0 Å². The maximum absolute atomic E-state index is 10.6. The Kier molecular flexibility index (Phi) is 5.89. The van der Waals surface area contributed by atoms with Crippen molar-refractivity contribution in [2.45, 2.75) is 38.2 Å². The summed E-state index contributed by atoms with van der Waals surface area (Å²) in [5, 5.41) is 24.9. The minimum Gasteiger partial charge on any atom is -0.409 e. The Morgan fingerprint density at radius 1 is 1.12 bits per heavy atom. The molecule has 0 amide bonds. The summed E-state index contributed by atoms with van der Waals surface area (Å²) in [5.74, 6) is 0.183. The number of β-amino-alcohol motifs (C(OH)–C–C–N with tert-alkyl or cyclic N) is 1. The molecule has 1 atom stereocenters. The number of aliphatic hydroxyl groups is 1. The summed E-state index contributed by atoms with van der Waals surface area (Å²) in [7, 11) is 0. The van der Waals surface area contributed by atoms with Crippen molar-refractivity contribution in [3.63, 3.8) is 0 Å². The van der Waals surface area contributed by atoms with Gasteiger partial charge >= 0.3 is 0 Å². The highest BCUT2D eigenvalue weighted by molar-refractivity contribution is 5.92. The Morgan fingerprint density at radius 2 is 1.88 bits per heavy atom. The Morgan fingerprint density at radius 3 is 2.64 bits per heavy atom. The Balaban J connectivity index is 1.82. The van der Waals surface area contributed by atoms with E-state index in [-0.39, 0.29) is 5.84 Å². The van der Waals surface area contributed by atoms with E-state index in [0.29, 0.717) is 19.4 Å². The van der Waals surface area contributed by atoms with Crippen LogP contribution in [0.2, 0.25) is 0 Å². The zero-order chi connectivity index (χ0) is 17.6. The van der Waals surface area contributed by atoms with E-state index in [0.717, 1.165) is 35.0 Å². The van der Waals surface area contributed by atoms with Gasteiger partial charge in [-0.3, -0.25) is 0 Å². The van der Waals surface area contributed by atoms with Crippen LogP contribution in [0.3, 0.4) is 0 Å². The Hall–Kier alpha value is -2.11. The van der Waals surface area contributed by atoms with Crippen molar-refractivity contribution in [3.05, 3.63) is 47.5 Å². The first kappa shape index (κ1) is 17.7. The average molecular weight is 341 g/mol. The van der Waals surface area contributed by atoms with Gasteiger partial charge in [0.15, 0.2) is 0 Å². The largest absolute Gasteiger partial charge is 0.409 e. The SMILES string of the molecule is NC(Cc1c(CC(O)CN2CCCCC2)ccc2ccccc12)=NO. The summed E-state index contributed by atoms with van der Waals surface area (Å²) in [6.07, 6.45) is 4.28. The van der Waals surface area contributed by atoms with Crippen LogP contribution in [0.1, 0.15) is 30.4 Å². The van der Waals surface area contributed by atoms with Gasteiger partial charge in [0.05, 0.1) is 6.10 Å². The molecule has 2 aromatic rings. The van der Waals surface area contributed by atoms with Gasteiger partial charge in [-0.25, -0.2) is 0 Å². The number of likely N-dealkylation sites (tertiary alicyclic amines) is 1. The molecule has 0 saturated carbocycles. The van der Waals surface area contributed by atoms with Crippen LogP contribution in [0, 0.1) is 0 Å². The molecule has 2 aromatic carbocycles. The van der Waals surface area contributed by atoms with Gasteiger partial charge in [0.2, 0.25) is 0 Å². The lowest BCUT2D eigenvalue weighted by Gasteiger charge is -2.28. The lowest BCUT2D eigenvalue weighted by Crippen LogP contribution is -2.37. The van der Waals surface area contributed by atoms with Gasteiger partial charge in [0.25, 0.3) is 0 Å². The maximum atomic E-state index is 10.6. The molecule has 1 heterocycles. The monoisotopic (exact) mass is 341 g/mol. The average Bonchev–Trinajstić information content (AvgIpc) is 2.64. The van der Waals surface area contributed by atoms with E-state index in [1.165, 1.54) is 19.3 Å². The standard InChI is InChI=1S/C20H27N3O2/c21-20(22-25)13-19-16(9-8-15-6-2-3-7-18(15)19)12-17(24)14-23-10-4-1-5-11-23/h2-3,6-9,17,24-25H,1,4-5,10-14H2,(H2,21,22). The van der Waals surface area contributed by atoms with E-state index in [1.807, 2.05) is 12.1 Å². The molecule has 1 saturated heterocycles. The molecular weight excluding hydrogens is 314 g/mol.